The minimum atomic E-state index is -4.58. The summed E-state index contributed by atoms with van der Waals surface area (Å²) in [4.78, 5) is 6.78. The van der Waals surface area contributed by atoms with Crippen LogP contribution >= 0.6 is 0 Å². The number of nitrogens with one attached hydrogen (secondary N) is 1. The topological polar surface area (TPSA) is 84.1 Å². The highest BCUT2D eigenvalue weighted by Crippen LogP contribution is 2.29. The Morgan fingerprint density at radius 2 is 2.00 bits per heavy atom. The SMILES string of the molecule is CCCC(C)(O)CNc1cc(C(F)(F)F)nc(N)n1. The molecule has 0 aliphatic rings. The quantitative estimate of drug-likeness (QED) is 0.767. The molecule has 108 valence electrons. The van der Waals surface area contributed by atoms with Gasteiger partial charge in [-0.05, 0) is 13.3 Å². The molecule has 1 aromatic heterocycles. The molecule has 1 atom stereocenters. The fraction of sp³-hybridized carbons (Fsp3) is 0.636. The maximum atomic E-state index is 12.5. The average molecular weight is 278 g/mol. The van der Waals surface area contributed by atoms with E-state index in [0.717, 1.165) is 12.5 Å². The van der Waals surface area contributed by atoms with Gasteiger partial charge in [0, 0.05) is 12.6 Å². The molecule has 0 aromatic carbocycles. The Labute approximate surface area is 109 Å². The van der Waals surface area contributed by atoms with E-state index < -0.39 is 23.4 Å². The van der Waals surface area contributed by atoms with Gasteiger partial charge in [-0.2, -0.15) is 18.2 Å². The summed E-state index contributed by atoms with van der Waals surface area (Å²) in [5.41, 5.74) is 3.10. The normalized spacial score (nSPS) is 15.1. The Balaban J connectivity index is 2.82. The zero-order valence-corrected chi connectivity index (χ0v) is 10.8. The number of nitrogens with zero attached hydrogens (tertiary/aromatic N) is 2. The fourth-order valence-electron chi connectivity index (χ4n) is 1.61. The number of nitrogens with two attached hydrogens (primary N) is 1. The zero-order chi connectivity index (χ0) is 14.7. The number of aromatic nitrogens is 2. The summed E-state index contributed by atoms with van der Waals surface area (Å²) in [7, 11) is 0. The second kappa shape index (κ2) is 5.60. The van der Waals surface area contributed by atoms with Crippen LogP contribution in [0.3, 0.4) is 0 Å². The first-order valence-corrected chi connectivity index (χ1v) is 5.82. The Kier molecular flexibility index (Phi) is 4.56. The molecular formula is C11H17F3N4O. The lowest BCUT2D eigenvalue weighted by atomic mass is 10.0. The monoisotopic (exact) mass is 278 g/mol. The zero-order valence-electron chi connectivity index (χ0n) is 10.8. The van der Waals surface area contributed by atoms with Crippen molar-refractivity contribution in [3.63, 3.8) is 0 Å². The highest BCUT2D eigenvalue weighted by Gasteiger charge is 2.33. The smallest absolute Gasteiger partial charge is 0.388 e. The minimum absolute atomic E-state index is 0.0591. The van der Waals surface area contributed by atoms with Crippen LogP contribution in [0.15, 0.2) is 6.07 Å². The molecule has 0 saturated heterocycles. The number of hydrogen-bond acceptors (Lipinski definition) is 5. The van der Waals surface area contributed by atoms with Crippen LogP contribution in [0.4, 0.5) is 24.9 Å². The van der Waals surface area contributed by atoms with Crippen LogP contribution in [0.1, 0.15) is 32.4 Å². The van der Waals surface area contributed by atoms with Crippen molar-refractivity contribution in [2.75, 3.05) is 17.6 Å². The number of alkyl halides is 3. The van der Waals surface area contributed by atoms with Crippen LogP contribution < -0.4 is 11.1 Å². The van der Waals surface area contributed by atoms with Crippen LogP contribution in [0.5, 0.6) is 0 Å². The molecule has 0 amide bonds. The molecule has 0 saturated carbocycles. The van der Waals surface area contributed by atoms with Gasteiger partial charge in [-0.3, -0.25) is 0 Å². The lowest BCUT2D eigenvalue weighted by Gasteiger charge is -2.23. The molecule has 0 fully saturated rings. The lowest BCUT2D eigenvalue weighted by Crippen LogP contribution is -2.33. The summed E-state index contributed by atoms with van der Waals surface area (Å²) in [6.45, 7) is 3.58. The van der Waals surface area contributed by atoms with Crippen molar-refractivity contribution in [1.82, 2.24) is 9.97 Å². The molecule has 4 N–H and O–H groups in total. The summed E-state index contributed by atoms with van der Waals surface area (Å²) in [5, 5.41) is 12.6. The molecule has 8 heteroatoms. The molecule has 19 heavy (non-hydrogen) atoms. The Morgan fingerprint density at radius 3 is 2.53 bits per heavy atom. The van der Waals surface area contributed by atoms with Crippen molar-refractivity contribution in [2.24, 2.45) is 0 Å². The molecule has 0 aliphatic heterocycles. The van der Waals surface area contributed by atoms with E-state index in [2.05, 4.69) is 15.3 Å². The largest absolute Gasteiger partial charge is 0.433 e. The van der Waals surface area contributed by atoms with Gasteiger partial charge in [0.2, 0.25) is 5.95 Å². The lowest BCUT2D eigenvalue weighted by molar-refractivity contribution is -0.141. The van der Waals surface area contributed by atoms with E-state index >= 15 is 0 Å². The van der Waals surface area contributed by atoms with E-state index in [1.54, 1.807) is 6.92 Å². The molecule has 0 radical (unpaired) electrons. The minimum Gasteiger partial charge on any atom is -0.388 e. The Morgan fingerprint density at radius 1 is 1.37 bits per heavy atom. The fourth-order valence-corrected chi connectivity index (χ4v) is 1.61. The van der Waals surface area contributed by atoms with E-state index in [4.69, 9.17) is 5.73 Å². The Hall–Kier alpha value is -1.57. The summed E-state index contributed by atoms with van der Waals surface area (Å²) in [6.07, 6.45) is -3.31. The number of hydrogen-bond donors (Lipinski definition) is 3. The van der Waals surface area contributed by atoms with Crippen LogP contribution in [0, 0.1) is 0 Å². The first-order chi connectivity index (χ1) is 8.64. The summed E-state index contributed by atoms with van der Waals surface area (Å²) in [5.74, 6) is -0.524. The van der Waals surface area contributed by atoms with Crippen molar-refractivity contribution in [2.45, 2.75) is 38.5 Å². The Bertz CT molecular complexity index is 434. The number of nitrogen functional groups attached to an aromatic ring is 1. The van der Waals surface area contributed by atoms with Gasteiger partial charge in [0.25, 0.3) is 0 Å². The van der Waals surface area contributed by atoms with Gasteiger partial charge < -0.3 is 16.2 Å². The third-order valence-electron chi connectivity index (χ3n) is 2.47. The van der Waals surface area contributed by atoms with Crippen LogP contribution in [-0.2, 0) is 6.18 Å². The highest BCUT2D eigenvalue weighted by atomic mass is 19.4. The highest BCUT2D eigenvalue weighted by molar-refractivity contribution is 5.41. The van der Waals surface area contributed by atoms with Crippen molar-refractivity contribution in [1.29, 1.82) is 0 Å². The molecule has 5 nitrogen and oxygen atoms in total. The van der Waals surface area contributed by atoms with Crippen molar-refractivity contribution < 1.29 is 18.3 Å². The van der Waals surface area contributed by atoms with Gasteiger partial charge in [0.05, 0.1) is 5.60 Å². The first kappa shape index (κ1) is 15.5. The van der Waals surface area contributed by atoms with Crippen LogP contribution in [0.2, 0.25) is 0 Å². The summed E-state index contributed by atoms with van der Waals surface area (Å²) in [6, 6.07) is 0.762. The summed E-state index contributed by atoms with van der Waals surface area (Å²) >= 11 is 0. The second-order valence-electron chi connectivity index (χ2n) is 4.59. The maximum absolute atomic E-state index is 12.5. The van der Waals surface area contributed by atoms with E-state index in [1.807, 2.05) is 6.92 Å². The number of rotatable bonds is 5. The van der Waals surface area contributed by atoms with Crippen molar-refractivity contribution >= 4 is 11.8 Å². The maximum Gasteiger partial charge on any atom is 0.433 e. The van der Waals surface area contributed by atoms with Crippen LogP contribution in [-0.4, -0.2) is 27.2 Å². The number of anilines is 2. The van der Waals surface area contributed by atoms with Gasteiger partial charge in [-0.1, -0.05) is 13.3 Å². The third-order valence-corrected chi connectivity index (χ3v) is 2.47. The second-order valence-corrected chi connectivity index (χ2v) is 4.59. The first-order valence-electron chi connectivity index (χ1n) is 5.82. The van der Waals surface area contributed by atoms with E-state index in [9.17, 15) is 18.3 Å². The van der Waals surface area contributed by atoms with Gasteiger partial charge in [0.15, 0.2) is 5.69 Å². The predicted molar refractivity (Wildman–Crippen MR) is 65.5 cm³/mol. The van der Waals surface area contributed by atoms with E-state index in [-0.39, 0.29) is 12.4 Å². The molecule has 1 unspecified atom stereocenters. The molecule has 0 aliphatic carbocycles. The van der Waals surface area contributed by atoms with Crippen molar-refractivity contribution in [3.8, 4) is 0 Å². The van der Waals surface area contributed by atoms with Crippen molar-refractivity contribution in [3.05, 3.63) is 11.8 Å². The molecular weight excluding hydrogens is 261 g/mol. The predicted octanol–water partition coefficient (Wildman–Crippen LogP) is 2.04. The standard InChI is InChI=1S/C11H17F3N4O/c1-3-4-10(2,19)6-16-8-5-7(11(12,13)14)17-9(15)18-8/h5,19H,3-4,6H2,1-2H3,(H3,15,16,17,18). The van der Waals surface area contributed by atoms with Gasteiger partial charge >= 0.3 is 6.18 Å². The molecule has 0 bridgehead atoms. The summed E-state index contributed by atoms with van der Waals surface area (Å²) < 4.78 is 37.6. The van der Waals surface area contributed by atoms with E-state index in [0.29, 0.717) is 6.42 Å². The molecule has 1 rings (SSSR count). The van der Waals surface area contributed by atoms with Gasteiger partial charge in [-0.15, -0.1) is 0 Å². The average Bonchev–Trinajstić information content (AvgIpc) is 2.24. The third kappa shape index (κ3) is 4.90. The number of aliphatic hydroxyl groups is 1. The number of halogens is 3. The molecule has 0 spiro atoms. The van der Waals surface area contributed by atoms with Gasteiger partial charge in [-0.25, -0.2) is 4.98 Å². The van der Waals surface area contributed by atoms with E-state index in [1.165, 1.54) is 0 Å². The van der Waals surface area contributed by atoms with Crippen LogP contribution in [0.25, 0.3) is 0 Å². The molecule has 1 aromatic rings. The molecule has 1 heterocycles. The van der Waals surface area contributed by atoms with Gasteiger partial charge in [0.1, 0.15) is 5.82 Å².